The van der Waals surface area contributed by atoms with E-state index in [1.807, 2.05) is 20.8 Å². The zero-order valence-corrected chi connectivity index (χ0v) is 14.6. The summed E-state index contributed by atoms with van der Waals surface area (Å²) in [4.78, 5) is 25.9. The molecule has 2 fully saturated rings. The van der Waals surface area contributed by atoms with Gasteiger partial charge in [0.2, 0.25) is 0 Å². The zero-order chi connectivity index (χ0) is 15.7. The Hall–Kier alpha value is -0.780. The number of ether oxygens (including phenoxy) is 2. The number of carbonyl (C=O) groups excluding carboxylic acids is 2. The maximum atomic E-state index is 12.2. The summed E-state index contributed by atoms with van der Waals surface area (Å²) in [5.41, 5.74) is -0.870. The molecule has 0 radical (unpaired) electrons. The number of piperidine rings is 1. The minimum Gasteiger partial charge on any atom is -0.462 e. The molecule has 0 aromatic heterocycles. The van der Waals surface area contributed by atoms with Crippen LogP contribution in [0.2, 0.25) is 0 Å². The lowest BCUT2D eigenvalue weighted by atomic mass is 9.76. The number of amides is 1. The summed E-state index contributed by atoms with van der Waals surface area (Å²) in [5.74, 6) is -0.0858. The molecule has 2 aliphatic heterocycles. The van der Waals surface area contributed by atoms with E-state index in [0.717, 1.165) is 18.2 Å². The third kappa shape index (κ3) is 3.90. The Labute approximate surface area is 134 Å². The molecule has 1 unspecified atom stereocenters. The molecule has 2 aliphatic rings. The van der Waals surface area contributed by atoms with Crippen LogP contribution in [0.3, 0.4) is 0 Å². The van der Waals surface area contributed by atoms with Crippen LogP contribution in [0.15, 0.2) is 0 Å². The average molecular weight is 362 g/mol. The second-order valence-corrected chi connectivity index (χ2v) is 7.75. The summed E-state index contributed by atoms with van der Waals surface area (Å²) in [5, 5.41) is 0.838. The molecule has 1 atom stereocenters. The Morgan fingerprint density at radius 1 is 1.43 bits per heavy atom. The molecule has 6 heteroatoms. The fourth-order valence-electron chi connectivity index (χ4n) is 2.97. The molecule has 0 aromatic carbocycles. The van der Waals surface area contributed by atoms with E-state index in [9.17, 15) is 9.59 Å². The number of likely N-dealkylation sites (tertiary alicyclic amines) is 1. The molecule has 0 bridgehead atoms. The minimum absolute atomic E-state index is 0.0185. The summed E-state index contributed by atoms with van der Waals surface area (Å²) in [6.45, 7) is 6.69. The van der Waals surface area contributed by atoms with Crippen LogP contribution in [0.1, 0.15) is 46.5 Å². The Kier molecular flexibility index (Phi) is 4.85. The largest absolute Gasteiger partial charge is 0.462 e. The highest BCUT2D eigenvalue weighted by molar-refractivity contribution is 9.09. The lowest BCUT2D eigenvalue weighted by Gasteiger charge is -2.37. The maximum Gasteiger partial charge on any atom is 0.410 e. The predicted molar refractivity (Wildman–Crippen MR) is 82.4 cm³/mol. The van der Waals surface area contributed by atoms with Gasteiger partial charge in [-0.3, -0.25) is 4.79 Å². The smallest absolute Gasteiger partial charge is 0.410 e. The van der Waals surface area contributed by atoms with Crippen LogP contribution in [0, 0.1) is 5.41 Å². The van der Waals surface area contributed by atoms with Crippen molar-refractivity contribution in [2.45, 2.75) is 58.2 Å². The number of cyclic esters (lactones) is 1. The molecule has 0 aromatic rings. The van der Waals surface area contributed by atoms with Gasteiger partial charge in [0.05, 0.1) is 5.41 Å². The molecule has 2 heterocycles. The Morgan fingerprint density at radius 2 is 2.05 bits per heavy atom. The highest BCUT2D eigenvalue weighted by Gasteiger charge is 2.50. The number of rotatable bonds is 2. The molecule has 0 N–H and O–H groups in total. The first-order valence-corrected chi connectivity index (χ1v) is 8.63. The second kappa shape index (κ2) is 6.15. The zero-order valence-electron chi connectivity index (χ0n) is 13.0. The van der Waals surface area contributed by atoms with Crippen molar-refractivity contribution in [3.8, 4) is 0 Å². The maximum absolute atomic E-state index is 12.2. The lowest BCUT2D eigenvalue weighted by Crippen LogP contribution is -2.46. The van der Waals surface area contributed by atoms with Gasteiger partial charge in [0.15, 0.2) is 0 Å². The fourth-order valence-corrected chi connectivity index (χ4v) is 3.48. The van der Waals surface area contributed by atoms with Crippen LogP contribution in [0.25, 0.3) is 0 Å². The standard InChI is InChI=1S/C15H24BrNO4/c1-14(2,3)21-13(19)17-8-5-15(6-9-17)10-11(4-7-16)20-12(15)18/h11H,4-10H2,1-3H3. The van der Waals surface area contributed by atoms with Gasteiger partial charge in [0.25, 0.3) is 0 Å². The van der Waals surface area contributed by atoms with Crippen molar-refractivity contribution in [1.29, 1.82) is 0 Å². The number of esters is 1. The summed E-state index contributed by atoms with van der Waals surface area (Å²) in [6.07, 6.45) is 2.70. The van der Waals surface area contributed by atoms with E-state index >= 15 is 0 Å². The SMILES string of the molecule is CC(C)(C)OC(=O)N1CCC2(CC1)CC(CCBr)OC2=O. The third-order valence-electron chi connectivity index (χ3n) is 4.13. The Bertz CT molecular complexity index is 410. The number of hydrogen-bond donors (Lipinski definition) is 0. The van der Waals surface area contributed by atoms with E-state index in [-0.39, 0.29) is 23.6 Å². The molecular weight excluding hydrogens is 338 g/mol. The van der Waals surface area contributed by atoms with E-state index in [1.165, 1.54) is 0 Å². The average Bonchev–Trinajstić information content (AvgIpc) is 2.65. The van der Waals surface area contributed by atoms with Gasteiger partial charge in [-0.1, -0.05) is 15.9 Å². The first-order valence-electron chi connectivity index (χ1n) is 7.51. The first kappa shape index (κ1) is 16.6. The molecule has 21 heavy (non-hydrogen) atoms. The van der Waals surface area contributed by atoms with E-state index in [4.69, 9.17) is 9.47 Å². The molecule has 1 amide bonds. The van der Waals surface area contributed by atoms with E-state index < -0.39 is 5.60 Å². The second-order valence-electron chi connectivity index (χ2n) is 6.96. The van der Waals surface area contributed by atoms with Gasteiger partial charge in [-0.15, -0.1) is 0 Å². The Morgan fingerprint density at radius 3 is 2.57 bits per heavy atom. The van der Waals surface area contributed by atoms with Crippen LogP contribution < -0.4 is 0 Å². The van der Waals surface area contributed by atoms with E-state index in [1.54, 1.807) is 4.90 Å². The van der Waals surface area contributed by atoms with Crippen molar-refractivity contribution in [2.75, 3.05) is 18.4 Å². The number of hydrogen-bond acceptors (Lipinski definition) is 4. The van der Waals surface area contributed by atoms with Gasteiger partial charge in [0.1, 0.15) is 11.7 Å². The number of nitrogens with zero attached hydrogens (tertiary/aromatic N) is 1. The molecule has 0 aliphatic carbocycles. The number of carbonyl (C=O) groups is 2. The molecule has 2 saturated heterocycles. The van der Waals surface area contributed by atoms with Crippen LogP contribution in [-0.2, 0) is 14.3 Å². The van der Waals surface area contributed by atoms with Gasteiger partial charge in [0, 0.05) is 24.8 Å². The summed E-state index contributed by atoms with van der Waals surface area (Å²) < 4.78 is 10.8. The van der Waals surface area contributed by atoms with Crippen molar-refractivity contribution >= 4 is 28.0 Å². The number of halogens is 1. The van der Waals surface area contributed by atoms with Crippen molar-refractivity contribution in [3.63, 3.8) is 0 Å². The monoisotopic (exact) mass is 361 g/mol. The number of alkyl halides is 1. The van der Waals surface area contributed by atoms with Crippen LogP contribution in [0.5, 0.6) is 0 Å². The normalized spacial score (nSPS) is 25.0. The Balaban J connectivity index is 1.91. The van der Waals surface area contributed by atoms with Crippen molar-refractivity contribution < 1.29 is 19.1 Å². The molecular formula is C15H24BrNO4. The van der Waals surface area contributed by atoms with Crippen LogP contribution in [0.4, 0.5) is 4.79 Å². The molecule has 1 spiro atoms. The third-order valence-corrected chi connectivity index (χ3v) is 4.59. The lowest BCUT2D eigenvalue weighted by molar-refractivity contribution is -0.150. The van der Waals surface area contributed by atoms with Crippen LogP contribution in [-0.4, -0.2) is 47.1 Å². The van der Waals surface area contributed by atoms with Crippen LogP contribution >= 0.6 is 15.9 Å². The predicted octanol–water partition coefficient (Wildman–Crippen LogP) is 3.10. The summed E-state index contributed by atoms with van der Waals surface area (Å²) in [7, 11) is 0. The molecule has 0 saturated carbocycles. The van der Waals surface area contributed by atoms with E-state index in [2.05, 4.69) is 15.9 Å². The van der Waals surface area contributed by atoms with Crippen molar-refractivity contribution in [2.24, 2.45) is 5.41 Å². The molecule has 2 rings (SSSR count). The van der Waals surface area contributed by atoms with Gasteiger partial charge < -0.3 is 14.4 Å². The van der Waals surface area contributed by atoms with Gasteiger partial charge in [-0.25, -0.2) is 4.79 Å². The first-order chi connectivity index (χ1) is 9.76. The highest BCUT2D eigenvalue weighted by atomic mass is 79.9. The molecule has 5 nitrogen and oxygen atoms in total. The van der Waals surface area contributed by atoms with Crippen molar-refractivity contribution in [3.05, 3.63) is 0 Å². The summed E-state index contributed by atoms with van der Waals surface area (Å²) in [6, 6.07) is 0. The van der Waals surface area contributed by atoms with Gasteiger partial charge in [-0.05, 0) is 40.0 Å². The topological polar surface area (TPSA) is 55.8 Å². The molecule has 120 valence electrons. The minimum atomic E-state index is -0.487. The highest BCUT2D eigenvalue weighted by Crippen LogP contribution is 2.44. The fraction of sp³-hybridized carbons (Fsp3) is 0.867. The van der Waals surface area contributed by atoms with Crippen molar-refractivity contribution in [1.82, 2.24) is 4.90 Å². The van der Waals surface area contributed by atoms with Gasteiger partial charge >= 0.3 is 12.1 Å². The van der Waals surface area contributed by atoms with E-state index in [0.29, 0.717) is 25.9 Å². The summed E-state index contributed by atoms with van der Waals surface area (Å²) >= 11 is 3.39. The van der Waals surface area contributed by atoms with Gasteiger partial charge in [-0.2, -0.15) is 0 Å². The quantitative estimate of drug-likeness (QED) is 0.560.